The third kappa shape index (κ3) is 4.09. The molecule has 3 aromatic rings. The quantitative estimate of drug-likeness (QED) is 0.342. The predicted octanol–water partition coefficient (Wildman–Crippen LogP) is 4.90. The Morgan fingerprint density at radius 3 is 2.36 bits per heavy atom. The van der Waals surface area contributed by atoms with Crippen molar-refractivity contribution in [2.24, 2.45) is 0 Å². The molecule has 0 aromatic heterocycles. The number of Topliss-reactive ketones (excluding diaryl/α,β-unsaturated/α-hetero) is 1. The molecule has 1 aliphatic heterocycles. The lowest BCUT2D eigenvalue weighted by Gasteiger charge is -2.25. The SMILES string of the molecule is COc1ccc(/C(O)=C2\C(=O)C(=O)N(Cc3ccc(F)cc3)C2c2ccccc2F)cc1C. The van der Waals surface area contributed by atoms with Crippen LogP contribution in [0.2, 0.25) is 0 Å². The summed E-state index contributed by atoms with van der Waals surface area (Å²) in [6.07, 6.45) is 0. The van der Waals surface area contributed by atoms with E-state index in [9.17, 15) is 23.5 Å². The van der Waals surface area contributed by atoms with E-state index in [2.05, 4.69) is 0 Å². The fourth-order valence-electron chi connectivity index (χ4n) is 4.03. The highest BCUT2D eigenvalue weighted by Crippen LogP contribution is 2.41. The minimum absolute atomic E-state index is 0.0672. The first-order valence-electron chi connectivity index (χ1n) is 10.2. The molecular formula is C26H21F2NO4. The summed E-state index contributed by atoms with van der Waals surface area (Å²) >= 11 is 0. The molecule has 1 heterocycles. The molecule has 1 N–H and O–H groups in total. The summed E-state index contributed by atoms with van der Waals surface area (Å²) < 4.78 is 33.4. The van der Waals surface area contributed by atoms with E-state index in [-0.39, 0.29) is 17.7 Å². The maximum atomic E-state index is 14.8. The average Bonchev–Trinajstić information content (AvgIpc) is 3.05. The average molecular weight is 449 g/mol. The number of hydrogen-bond acceptors (Lipinski definition) is 4. The van der Waals surface area contributed by atoms with Crippen LogP contribution < -0.4 is 4.74 Å². The van der Waals surface area contributed by atoms with Gasteiger partial charge >= 0.3 is 0 Å². The van der Waals surface area contributed by atoms with Crippen LogP contribution in [0.25, 0.3) is 5.76 Å². The van der Waals surface area contributed by atoms with E-state index in [4.69, 9.17) is 4.74 Å². The second kappa shape index (κ2) is 8.86. The zero-order valence-corrected chi connectivity index (χ0v) is 18.0. The standard InChI is InChI=1S/C26H21F2NO4/c1-15-13-17(9-12-21(15)33-2)24(30)22-23(19-5-3-4-6-20(19)28)29(26(32)25(22)31)14-16-7-10-18(27)11-8-16/h3-13,23,30H,14H2,1-2H3/b24-22+. The minimum atomic E-state index is -1.15. The third-order valence-corrected chi connectivity index (χ3v) is 5.67. The summed E-state index contributed by atoms with van der Waals surface area (Å²) in [6, 6.07) is 14.9. The van der Waals surface area contributed by atoms with Gasteiger partial charge in [0.2, 0.25) is 0 Å². The number of benzene rings is 3. The molecule has 4 rings (SSSR count). The summed E-state index contributed by atoms with van der Waals surface area (Å²) in [5.74, 6) is -2.68. The van der Waals surface area contributed by atoms with E-state index in [0.717, 1.165) is 0 Å². The van der Waals surface area contributed by atoms with Gasteiger partial charge in [-0.05, 0) is 54.4 Å². The normalized spacial score (nSPS) is 17.5. The molecule has 168 valence electrons. The maximum absolute atomic E-state index is 14.8. The van der Waals surface area contributed by atoms with Crippen molar-refractivity contribution in [2.75, 3.05) is 7.11 Å². The molecule has 0 bridgehead atoms. The van der Waals surface area contributed by atoms with Crippen LogP contribution in [0, 0.1) is 18.6 Å². The van der Waals surface area contributed by atoms with Crippen molar-refractivity contribution in [3.05, 3.63) is 106 Å². The second-order valence-electron chi connectivity index (χ2n) is 7.76. The maximum Gasteiger partial charge on any atom is 0.295 e. The van der Waals surface area contributed by atoms with Gasteiger partial charge in [0.15, 0.2) is 0 Å². The van der Waals surface area contributed by atoms with Crippen molar-refractivity contribution in [3.63, 3.8) is 0 Å². The minimum Gasteiger partial charge on any atom is -0.507 e. The number of carbonyl (C=O) groups is 2. The van der Waals surface area contributed by atoms with Gasteiger partial charge in [-0.15, -0.1) is 0 Å². The zero-order valence-electron chi connectivity index (χ0n) is 18.0. The molecule has 0 aliphatic carbocycles. The van der Waals surface area contributed by atoms with Gasteiger partial charge in [-0.2, -0.15) is 0 Å². The Bertz CT molecular complexity index is 1270. The summed E-state index contributed by atoms with van der Waals surface area (Å²) in [5, 5.41) is 11.1. The lowest BCUT2D eigenvalue weighted by atomic mass is 9.94. The molecule has 1 saturated heterocycles. The Kier molecular flexibility index (Phi) is 5.96. The highest BCUT2D eigenvalue weighted by molar-refractivity contribution is 6.46. The number of methoxy groups -OCH3 is 1. The summed E-state index contributed by atoms with van der Waals surface area (Å²) in [6.45, 7) is 1.71. The highest BCUT2D eigenvalue weighted by atomic mass is 19.1. The number of halogens is 2. The van der Waals surface area contributed by atoms with Gasteiger partial charge < -0.3 is 14.7 Å². The molecule has 1 aliphatic rings. The third-order valence-electron chi connectivity index (χ3n) is 5.67. The Hall–Kier alpha value is -4.00. The van der Waals surface area contributed by atoms with Crippen LogP contribution in [0.15, 0.2) is 72.3 Å². The highest BCUT2D eigenvalue weighted by Gasteiger charge is 2.47. The molecule has 7 heteroatoms. The van der Waals surface area contributed by atoms with Gasteiger partial charge in [0, 0.05) is 17.7 Å². The van der Waals surface area contributed by atoms with Crippen LogP contribution >= 0.6 is 0 Å². The molecule has 1 atom stereocenters. The number of amides is 1. The van der Waals surface area contributed by atoms with Crippen LogP contribution in [0.1, 0.15) is 28.3 Å². The van der Waals surface area contributed by atoms with Gasteiger partial charge in [-0.3, -0.25) is 9.59 Å². The largest absolute Gasteiger partial charge is 0.507 e. The van der Waals surface area contributed by atoms with Crippen molar-refractivity contribution in [1.82, 2.24) is 4.90 Å². The van der Waals surface area contributed by atoms with Crippen molar-refractivity contribution in [1.29, 1.82) is 0 Å². The van der Waals surface area contributed by atoms with Crippen molar-refractivity contribution < 1.29 is 28.2 Å². The number of likely N-dealkylation sites (tertiary alicyclic amines) is 1. The molecule has 0 spiro atoms. The monoisotopic (exact) mass is 449 g/mol. The molecular weight excluding hydrogens is 428 g/mol. The van der Waals surface area contributed by atoms with E-state index in [1.165, 1.54) is 54.5 Å². The van der Waals surface area contributed by atoms with Crippen LogP contribution in [-0.4, -0.2) is 28.8 Å². The first-order valence-corrected chi connectivity index (χ1v) is 10.2. The topological polar surface area (TPSA) is 66.8 Å². The van der Waals surface area contributed by atoms with E-state index in [1.807, 2.05) is 0 Å². The Morgan fingerprint density at radius 1 is 1.03 bits per heavy atom. The lowest BCUT2D eigenvalue weighted by Crippen LogP contribution is -2.29. The number of aryl methyl sites for hydroxylation is 1. The number of hydrogen-bond donors (Lipinski definition) is 1. The number of ether oxygens (including phenoxy) is 1. The lowest BCUT2D eigenvalue weighted by molar-refractivity contribution is -0.140. The van der Waals surface area contributed by atoms with Crippen molar-refractivity contribution in [2.45, 2.75) is 19.5 Å². The van der Waals surface area contributed by atoms with E-state index < -0.39 is 35.1 Å². The van der Waals surface area contributed by atoms with Crippen molar-refractivity contribution >= 4 is 17.4 Å². The second-order valence-corrected chi connectivity index (χ2v) is 7.76. The number of aliphatic hydroxyl groups is 1. The first-order chi connectivity index (χ1) is 15.8. The summed E-state index contributed by atoms with van der Waals surface area (Å²) in [5.41, 5.74) is 1.43. The number of nitrogens with zero attached hydrogens (tertiary/aromatic N) is 1. The Morgan fingerprint density at radius 2 is 1.73 bits per heavy atom. The molecule has 1 unspecified atom stereocenters. The van der Waals surface area contributed by atoms with Crippen LogP contribution in [-0.2, 0) is 16.1 Å². The molecule has 5 nitrogen and oxygen atoms in total. The van der Waals surface area contributed by atoms with Gasteiger partial charge in [0.1, 0.15) is 23.1 Å². The van der Waals surface area contributed by atoms with E-state index in [1.54, 1.807) is 31.2 Å². The number of ketones is 1. The summed E-state index contributed by atoms with van der Waals surface area (Å²) in [7, 11) is 1.51. The molecule has 33 heavy (non-hydrogen) atoms. The molecule has 1 amide bonds. The molecule has 0 saturated carbocycles. The van der Waals surface area contributed by atoms with Crippen molar-refractivity contribution in [3.8, 4) is 5.75 Å². The number of rotatable bonds is 5. The first kappa shape index (κ1) is 22.2. The fourth-order valence-corrected chi connectivity index (χ4v) is 4.03. The number of aliphatic hydroxyl groups excluding tert-OH is 1. The van der Waals surface area contributed by atoms with E-state index >= 15 is 0 Å². The van der Waals surface area contributed by atoms with Crippen LogP contribution in [0.3, 0.4) is 0 Å². The van der Waals surface area contributed by atoms with Gasteiger partial charge in [0.05, 0.1) is 18.7 Å². The smallest absolute Gasteiger partial charge is 0.295 e. The zero-order chi connectivity index (χ0) is 23.7. The van der Waals surface area contributed by atoms with Crippen LogP contribution in [0.5, 0.6) is 5.75 Å². The molecule has 3 aromatic carbocycles. The van der Waals surface area contributed by atoms with E-state index in [0.29, 0.717) is 22.4 Å². The Labute approximate surface area is 189 Å². The van der Waals surface area contributed by atoms with Gasteiger partial charge in [0.25, 0.3) is 11.7 Å². The van der Waals surface area contributed by atoms with Gasteiger partial charge in [-0.1, -0.05) is 30.3 Å². The van der Waals surface area contributed by atoms with Gasteiger partial charge in [-0.25, -0.2) is 8.78 Å². The molecule has 0 radical (unpaired) electrons. The predicted molar refractivity (Wildman–Crippen MR) is 118 cm³/mol. The number of carbonyl (C=O) groups excluding carboxylic acids is 2. The Balaban J connectivity index is 1.87. The summed E-state index contributed by atoms with van der Waals surface area (Å²) in [4.78, 5) is 27.3. The van der Waals surface area contributed by atoms with Crippen LogP contribution in [0.4, 0.5) is 8.78 Å². The molecule has 1 fully saturated rings. The fraction of sp³-hybridized carbons (Fsp3) is 0.154.